The minimum absolute atomic E-state index is 0.270. The second kappa shape index (κ2) is 8.13. The average Bonchev–Trinajstić information content (AvgIpc) is 2.61. The third kappa shape index (κ3) is 4.69. The number of morpholine rings is 1. The van der Waals surface area contributed by atoms with Crippen molar-refractivity contribution in [1.82, 2.24) is 9.88 Å². The summed E-state index contributed by atoms with van der Waals surface area (Å²) in [7, 11) is 1.69. The van der Waals surface area contributed by atoms with E-state index < -0.39 is 0 Å². The Hall–Kier alpha value is -2.11. The zero-order valence-corrected chi connectivity index (χ0v) is 14.1. The molecule has 0 amide bonds. The van der Waals surface area contributed by atoms with Crippen LogP contribution in [0.15, 0.2) is 42.6 Å². The van der Waals surface area contributed by atoms with Crippen molar-refractivity contribution < 1.29 is 9.47 Å². The van der Waals surface area contributed by atoms with E-state index in [1.165, 1.54) is 11.1 Å². The summed E-state index contributed by atoms with van der Waals surface area (Å²) in [6.45, 7) is 3.68. The topological polar surface area (TPSA) is 60.6 Å². The molecule has 2 heterocycles. The van der Waals surface area contributed by atoms with Crippen LogP contribution < -0.4 is 10.5 Å². The third-order valence-corrected chi connectivity index (χ3v) is 4.39. The first-order chi connectivity index (χ1) is 11.7. The van der Waals surface area contributed by atoms with E-state index in [0.29, 0.717) is 5.82 Å². The van der Waals surface area contributed by atoms with Gasteiger partial charge in [-0.2, -0.15) is 0 Å². The highest BCUT2D eigenvalue weighted by molar-refractivity contribution is 5.31. The minimum Gasteiger partial charge on any atom is -0.497 e. The SMILES string of the molecule is COc1ccc(CN2CCOC(CCc3ccnc(N)c3)C2)cc1. The van der Waals surface area contributed by atoms with Crippen LogP contribution in [-0.4, -0.2) is 42.8 Å². The van der Waals surface area contributed by atoms with Crippen molar-refractivity contribution in [1.29, 1.82) is 0 Å². The van der Waals surface area contributed by atoms with Crippen molar-refractivity contribution in [3.05, 3.63) is 53.7 Å². The summed E-state index contributed by atoms with van der Waals surface area (Å²) in [6.07, 6.45) is 4.00. The maximum absolute atomic E-state index is 5.93. The maximum atomic E-state index is 5.93. The van der Waals surface area contributed by atoms with Crippen molar-refractivity contribution in [2.24, 2.45) is 0 Å². The molecule has 1 aliphatic heterocycles. The Morgan fingerprint density at radius 3 is 2.83 bits per heavy atom. The van der Waals surface area contributed by atoms with Crippen LogP contribution in [0.25, 0.3) is 0 Å². The molecule has 2 aromatic rings. The molecule has 0 aliphatic carbocycles. The summed E-state index contributed by atoms with van der Waals surface area (Å²) in [5, 5.41) is 0. The summed E-state index contributed by atoms with van der Waals surface area (Å²) in [5.41, 5.74) is 8.26. The van der Waals surface area contributed by atoms with Crippen LogP contribution in [0.3, 0.4) is 0 Å². The molecule has 0 bridgehead atoms. The number of methoxy groups -OCH3 is 1. The Kier molecular flexibility index (Phi) is 5.67. The van der Waals surface area contributed by atoms with Crippen LogP contribution in [0.5, 0.6) is 5.75 Å². The standard InChI is InChI=1S/C19H25N3O2/c1-23-17-5-3-16(4-6-17)13-22-10-11-24-18(14-22)7-2-15-8-9-21-19(20)12-15/h3-6,8-9,12,18H,2,7,10-11,13-14H2,1H3,(H2,20,21). The number of aryl methyl sites for hydroxylation is 1. The fraction of sp³-hybridized carbons (Fsp3) is 0.421. The lowest BCUT2D eigenvalue weighted by atomic mass is 10.1. The van der Waals surface area contributed by atoms with Gasteiger partial charge in [0.1, 0.15) is 11.6 Å². The van der Waals surface area contributed by atoms with E-state index in [9.17, 15) is 0 Å². The molecule has 128 valence electrons. The van der Waals surface area contributed by atoms with Gasteiger partial charge in [0.25, 0.3) is 0 Å². The number of rotatable bonds is 6. The molecule has 1 unspecified atom stereocenters. The highest BCUT2D eigenvalue weighted by Gasteiger charge is 2.20. The molecule has 0 saturated carbocycles. The number of anilines is 1. The molecule has 1 aromatic carbocycles. The van der Waals surface area contributed by atoms with Crippen LogP contribution >= 0.6 is 0 Å². The van der Waals surface area contributed by atoms with Gasteiger partial charge in [-0.1, -0.05) is 12.1 Å². The lowest BCUT2D eigenvalue weighted by molar-refractivity contribution is -0.0345. The molecule has 0 spiro atoms. The van der Waals surface area contributed by atoms with E-state index in [1.807, 2.05) is 24.3 Å². The fourth-order valence-corrected chi connectivity index (χ4v) is 3.07. The van der Waals surface area contributed by atoms with E-state index in [0.717, 1.165) is 44.8 Å². The normalized spacial score (nSPS) is 18.5. The molecule has 1 saturated heterocycles. The van der Waals surface area contributed by atoms with E-state index in [1.54, 1.807) is 13.3 Å². The average molecular weight is 327 g/mol. The van der Waals surface area contributed by atoms with Gasteiger partial charge in [-0.25, -0.2) is 4.98 Å². The molecule has 2 N–H and O–H groups in total. The Balaban J connectivity index is 1.50. The molecule has 24 heavy (non-hydrogen) atoms. The van der Waals surface area contributed by atoms with Crippen LogP contribution in [-0.2, 0) is 17.7 Å². The molecule has 1 atom stereocenters. The van der Waals surface area contributed by atoms with Gasteiger partial charge in [-0.05, 0) is 48.2 Å². The van der Waals surface area contributed by atoms with E-state index >= 15 is 0 Å². The molecule has 1 fully saturated rings. The summed E-state index contributed by atoms with van der Waals surface area (Å²) >= 11 is 0. The van der Waals surface area contributed by atoms with Crippen LogP contribution in [0, 0.1) is 0 Å². The summed E-state index contributed by atoms with van der Waals surface area (Å²) in [5.74, 6) is 1.48. The van der Waals surface area contributed by atoms with Gasteiger partial charge in [-0.3, -0.25) is 4.90 Å². The van der Waals surface area contributed by atoms with Crippen molar-refractivity contribution in [2.75, 3.05) is 32.5 Å². The fourth-order valence-electron chi connectivity index (χ4n) is 3.07. The number of pyridine rings is 1. The Morgan fingerprint density at radius 2 is 2.08 bits per heavy atom. The van der Waals surface area contributed by atoms with E-state index in [-0.39, 0.29) is 6.10 Å². The Labute approximate surface area is 143 Å². The zero-order valence-electron chi connectivity index (χ0n) is 14.1. The highest BCUT2D eigenvalue weighted by Crippen LogP contribution is 2.17. The first-order valence-electron chi connectivity index (χ1n) is 8.40. The van der Waals surface area contributed by atoms with Crippen molar-refractivity contribution >= 4 is 5.82 Å². The first kappa shape index (κ1) is 16.7. The summed E-state index contributed by atoms with van der Waals surface area (Å²) < 4.78 is 11.1. The van der Waals surface area contributed by atoms with Crippen LogP contribution in [0.2, 0.25) is 0 Å². The molecule has 5 heteroatoms. The molecule has 1 aromatic heterocycles. The predicted octanol–water partition coefficient (Wildman–Crippen LogP) is 2.51. The molecule has 0 radical (unpaired) electrons. The number of nitrogens with two attached hydrogens (primary N) is 1. The van der Waals surface area contributed by atoms with E-state index in [4.69, 9.17) is 15.2 Å². The van der Waals surface area contributed by atoms with Crippen molar-refractivity contribution in [3.63, 3.8) is 0 Å². The number of hydrogen-bond acceptors (Lipinski definition) is 5. The largest absolute Gasteiger partial charge is 0.497 e. The quantitative estimate of drug-likeness (QED) is 0.883. The monoisotopic (exact) mass is 327 g/mol. The van der Waals surface area contributed by atoms with Crippen molar-refractivity contribution in [3.8, 4) is 5.75 Å². The first-order valence-corrected chi connectivity index (χ1v) is 8.40. The Bertz CT molecular complexity index is 645. The van der Waals surface area contributed by atoms with Gasteiger partial charge in [0.2, 0.25) is 0 Å². The lowest BCUT2D eigenvalue weighted by Gasteiger charge is -2.33. The number of hydrogen-bond donors (Lipinski definition) is 1. The van der Waals surface area contributed by atoms with Gasteiger partial charge >= 0.3 is 0 Å². The van der Waals surface area contributed by atoms with Crippen LogP contribution in [0.1, 0.15) is 17.5 Å². The number of aromatic nitrogens is 1. The van der Waals surface area contributed by atoms with E-state index in [2.05, 4.69) is 22.0 Å². The molecular weight excluding hydrogens is 302 g/mol. The lowest BCUT2D eigenvalue weighted by Crippen LogP contribution is -2.42. The van der Waals surface area contributed by atoms with Gasteiger partial charge < -0.3 is 15.2 Å². The highest BCUT2D eigenvalue weighted by atomic mass is 16.5. The van der Waals surface area contributed by atoms with Gasteiger partial charge in [0, 0.05) is 25.8 Å². The zero-order chi connectivity index (χ0) is 16.8. The summed E-state index contributed by atoms with van der Waals surface area (Å²) in [4.78, 5) is 6.49. The van der Waals surface area contributed by atoms with Gasteiger partial charge in [0.15, 0.2) is 0 Å². The molecule has 1 aliphatic rings. The van der Waals surface area contributed by atoms with Gasteiger partial charge in [0.05, 0.1) is 19.8 Å². The number of nitrogens with zero attached hydrogens (tertiary/aromatic N) is 2. The molecule has 3 rings (SSSR count). The van der Waals surface area contributed by atoms with Crippen molar-refractivity contribution in [2.45, 2.75) is 25.5 Å². The number of benzene rings is 1. The van der Waals surface area contributed by atoms with Crippen LogP contribution in [0.4, 0.5) is 5.82 Å². The predicted molar refractivity (Wildman–Crippen MR) is 95.0 cm³/mol. The number of ether oxygens (including phenoxy) is 2. The minimum atomic E-state index is 0.270. The summed E-state index contributed by atoms with van der Waals surface area (Å²) in [6, 6.07) is 12.3. The van der Waals surface area contributed by atoms with Gasteiger partial charge in [-0.15, -0.1) is 0 Å². The second-order valence-electron chi connectivity index (χ2n) is 6.20. The smallest absolute Gasteiger partial charge is 0.123 e. The molecular formula is C19H25N3O2. The third-order valence-electron chi connectivity index (χ3n) is 4.39. The maximum Gasteiger partial charge on any atom is 0.123 e. The second-order valence-corrected chi connectivity index (χ2v) is 6.20. The number of nitrogen functional groups attached to an aromatic ring is 1. The Morgan fingerprint density at radius 1 is 1.25 bits per heavy atom. The molecule has 5 nitrogen and oxygen atoms in total.